The van der Waals surface area contributed by atoms with Gasteiger partial charge in [0.25, 0.3) is 5.91 Å². The molecule has 0 radical (unpaired) electrons. The van der Waals surface area contributed by atoms with Gasteiger partial charge in [-0.1, -0.05) is 30.3 Å². The van der Waals surface area contributed by atoms with Gasteiger partial charge in [-0.25, -0.2) is 4.79 Å². The fourth-order valence-corrected chi connectivity index (χ4v) is 3.23. The Kier molecular flexibility index (Phi) is 6.53. The highest BCUT2D eigenvalue weighted by atomic mass is 16.5. The fraction of sp³-hybridized carbons (Fsp3) is 0.364. The summed E-state index contributed by atoms with van der Waals surface area (Å²) in [6.07, 6.45) is 1.47. The molecule has 3 rings (SSSR count). The first kappa shape index (κ1) is 19.7. The van der Waals surface area contributed by atoms with Crippen LogP contribution in [0.3, 0.4) is 0 Å². The minimum Gasteiger partial charge on any atom is -0.483 e. The van der Waals surface area contributed by atoms with Crippen molar-refractivity contribution in [1.29, 1.82) is 0 Å². The van der Waals surface area contributed by atoms with Gasteiger partial charge in [-0.2, -0.15) is 0 Å². The van der Waals surface area contributed by atoms with Gasteiger partial charge in [0.1, 0.15) is 5.75 Å². The Labute approximate surface area is 165 Å². The SMILES string of the molecule is Cc1ccc(C)c(OCC(=O)NC2CCN(C(=O)Nc3ccccc3)CC2)c1. The second-order valence-electron chi connectivity index (χ2n) is 7.18. The number of amides is 3. The van der Waals surface area contributed by atoms with Crippen LogP contribution in [-0.4, -0.2) is 42.6 Å². The van der Waals surface area contributed by atoms with Gasteiger partial charge in [0.15, 0.2) is 6.61 Å². The molecule has 1 saturated heterocycles. The number of aryl methyl sites for hydroxylation is 2. The van der Waals surface area contributed by atoms with Crippen LogP contribution in [0.2, 0.25) is 0 Å². The lowest BCUT2D eigenvalue weighted by atomic mass is 10.1. The Hall–Kier alpha value is -3.02. The van der Waals surface area contributed by atoms with Gasteiger partial charge < -0.3 is 20.3 Å². The van der Waals surface area contributed by atoms with Crippen molar-refractivity contribution in [3.63, 3.8) is 0 Å². The summed E-state index contributed by atoms with van der Waals surface area (Å²) in [6, 6.07) is 15.3. The Morgan fingerprint density at radius 3 is 2.50 bits per heavy atom. The number of benzene rings is 2. The maximum absolute atomic E-state index is 12.3. The maximum Gasteiger partial charge on any atom is 0.321 e. The number of hydrogen-bond donors (Lipinski definition) is 2. The van der Waals surface area contributed by atoms with E-state index in [2.05, 4.69) is 10.6 Å². The molecule has 6 nitrogen and oxygen atoms in total. The Morgan fingerprint density at radius 1 is 1.07 bits per heavy atom. The van der Waals surface area contributed by atoms with E-state index in [1.54, 1.807) is 4.90 Å². The summed E-state index contributed by atoms with van der Waals surface area (Å²) < 4.78 is 5.66. The lowest BCUT2D eigenvalue weighted by Gasteiger charge is -2.32. The van der Waals surface area contributed by atoms with Gasteiger partial charge >= 0.3 is 6.03 Å². The van der Waals surface area contributed by atoms with Crippen LogP contribution in [0.1, 0.15) is 24.0 Å². The summed E-state index contributed by atoms with van der Waals surface area (Å²) in [7, 11) is 0. The minimum absolute atomic E-state index is 0.000991. The van der Waals surface area contributed by atoms with E-state index in [-0.39, 0.29) is 24.6 Å². The normalized spacial score (nSPS) is 14.4. The van der Waals surface area contributed by atoms with Gasteiger partial charge in [-0.15, -0.1) is 0 Å². The second kappa shape index (κ2) is 9.26. The quantitative estimate of drug-likeness (QED) is 0.833. The van der Waals surface area contributed by atoms with Crippen LogP contribution in [0.5, 0.6) is 5.75 Å². The predicted octanol–water partition coefficient (Wildman–Crippen LogP) is 3.49. The van der Waals surface area contributed by atoms with Crippen LogP contribution in [0.4, 0.5) is 10.5 Å². The van der Waals surface area contributed by atoms with E-state index in [1.165, 1.54) is 0 Å². The number of ether oxygens (including phenoxy) is 1. The van der Waals surface area contributed by atoms with E-state index in [0.717, 1.165) is 35.4 Å². The number of hydrogen-bond acceptors (Lipinski definition) is 3. The van der Waals surface area contributed by atoms with Crippen LogP contribution >= 0.6 is 0 Å². The molecule has 0 unspecified atom stereocenters. The summed E-state index contributed by atoms with van der Waals surface area (Å²) in [6.45, 7) is 5.18. The Bertz CT molecular complexity index is 815. The van der Waals surface area contributed by atoms with E-state index >= 15 is 0 Å². The van der Waals surface area contributed by atoms with Crippen molar-refractivity contribution in [2.24, 2.45) is 0 Å². The average Bonchev–Trinajstić information content (AvgIpc) is 2.70. The van der Waals surface area contributed by atoms with Crippen molar-refractivity contribution in [1.82, 2.24) is 10.2 Å². The zero-order chi connectivity index (χ0) is 19.9. The molecule has 0 bridgehead atoms. The van der Waals surface area contributed by atoms with Gasteiger partial charge in [0, 0.05) is 24.8 Å². The summed E-state index contributed by atoms with van der Waals surface area (Å²) >= 11 is 0. The third-order valence-corrected chi connectivity index (χ3v) is 4.87. The minimum atomic E-state index is -0.131. The summed E-state index contributed by atoms with van der Waals surface area (Å²) in [5.74, 6) is 0.607. The van der Waals surface area contributed by atoms with E-state index < -0.39 is 0 Å². The second-order valence-corrected chi connectivity index (χ2v) is 7.18. The Balaban J connectivity index is 1.40. The number of likely N-dealkylation sites (tertiary alicyclic amines) is 1. The van der Waals surface area contributed by atoms with Crippen molar-refractivity contribution in [2.45, 2.75) is 32.7 Å². The highest BCUT2D eigenvalue weighted by Crippen LogP contribution is 2.19. The zero-order valence-corrected chi connectivity index (χ0v) is 16.4. The highest BCUT2D eigenvalue weighted by Gasteiger charge is 2.24. The highest BCUT2D eigenvalue weighted by molar-refractivity contribution is 5.89. The zero-order valence-electron chi connectivity index (χ0n) is 16.4. The number of piperidine rings is 1. The number of carbonyl (C=O) groups excluding carboxylic acids is 2. The lowest BCUT2D eigenvalue weighted by Crippen LogP contribution is -2.48. The van der Waals surface area contributed by atoms with Gasteiger partial charge in [0.2, 0.25) is 0 Å². The average molecular weight is 381 g/mol. The van der Waals surface area contributed by atoms with Gasteiger partial charge in [0.05, 0.1) is 0 Å². The smallest absolute Gasteiger partial charge is 0.321 e. The number of urea groups is 1. The third kappa shape index (κ3) is 5.49. The number of para-hydroxylation sites is 1. The number of anilines is 1. The van der Waals surface area contributed by atoms with Crippen molar-refractivity contribution in [3.8, 4) is 5.75 Å². The Morgan fingerprint density at radius 2 is 1.79 bits per heavy atom. The number of carbonyl (C=O) groups is 2. The summed E-state index contributed by atoms with van der Waals surface area (Å²) in [5.41, 5.74) is 2.89. The monoisotopic (exact) mass is 381 g/mol. The maximum atomic E-state index is 12.3. The van der Waals surface area contributed by atoms with Crippen LogP contribution in [0.15, 0.2) is 48.5 Å². The molecule has 1 aliphatic rings. The molecular formula is C22H27N3O3. The molecule has 1 heterocycles. The van der Waals surface area contributed by atoms with E-state index in [9.17, 15) is 9.59 Å². The van der Waals surface area contributed by atoms with Crippen molar-refractivity contribution < 1.29 is 14.3 Å². The first-order chi connectivity index (χ1) is 13.5. The predicted molar refractivity (Wildman–Crippen MR) is 110 cm³/mol. The van der Waals surface area contributed by atoms with E-state index in [1.807, 2.05) is 62.4 Å². The third-order valence-electron chi connectivity index (χ3n) is 4.87. The number of rotatable bonds is 5. The van der Waals surface area contributed by atoms with Crippen LogP contribution in [-0.2, 0) is 4.79 Å². The van der Waals surface area contributed by atoms with Crippen LogP contribution in [0, 0.1) is 13.8 Å². The molecule has 6 heteroatoms. The summed E-state index contributed by atoms with van der Waals surface area (Å²) in [5, 5.41) is 5.91. The first-order valence-corrected chi connectivity index (χ1v) is 9.61. The summed E-state index contributed by atoms with van der Waals surface area (Å²) in [4.78, 5) is 26.3. The molecule has 148 valence electrons. The first-order valence-electron chi connectivity index (χ1n) is 9.61. The van der Waals surface area contributed by atoms with Crippen molar-refractivity contribution in [3.05, 3.63) is 59.7 Å². The molecule has 28 heavy (non-hydrogen) atoms. The lowest BCUT2D eigenvalue weighted by molar-refractivity contribution is -0.124. The molecule has 0 aliphatic carbocycles. The molecule has 3 amide bonds. The molecular weight excluding hydrogens is 354 g/mol. The largest absolute Gasteiger partial charge is 0.483 e. The molecule has 0 saturated carbocycles. The molecule has 0 spiro atoms. The number of nitrogens with one attached hydrogen (secondary N) is 2. The van der Waals surface area contributed by atoms with Crippen molar-refractivity contribution >= 4 is 17.6 Å². The van der Waals surface area contributed by atoms with Crippen molar-refractivity contribution in [2.75, 3.05) is 25.0 Å². The molecule has 1 aliphatic heterocycles. The van der Waals surface area contributed by atoms with E-state index in [0.29, 0.717) is 13.1 Å². The standard InChI is InChI=1S/C22H27N3O3/c1-16-8-9-17(2)20(14-16)28-15-21(26)23-19-10-12-25(13-11-19)22(27)24-18-6-4-3-5-7-18/h3-9,14,19H,10-13,15H2,1-2H3,(H,23,26)(H,24,27). The van der Waals surface area contributed by atoms with Gasteiger partial charge in [-0.05, 0) is 56.0 Å². The number of nitrogens with zero attached hydrogens (tertiary/aromatic N) is 1. The fourth-order valence-electron chi connectivity index (χ4n) is 3.23. The molecule has 1 fully saturated rings. The molecule has 0 atom stereocenters. The molecule has 2 N–H and O–H groups in total. The molecule has 2 aromatic carbocycles. The molecule has 0 aromatic heterocycles. The van der Waals surface area contributed by atoms with E-state index in [4.69, 9.17) is 4.74 Å². The topological polar surface area (TPSA) is 70.7 Å². The van der Waals surface area contributed by atoms with Gasteiger partial charge in [-0.3, -0.25) is 4.79 Å². The van der Waals surface area contributed by atoms with Crippen LogP contribution < -0.4 is 15.4 Å². The van der Waals surface area contributed by atoms with Crippen LogP contribution in [0.25, 0.3) is 0 Å². The molecule has 2 aromatic rings.